The Balaban J connectivity index is 1.67. The largest absolute Gasteiger partial charge is 0.336 e. The van der Waals surface area contributed by atoms with Crippen molar-refractivity contribution in [3.8, 4) is 11.3 Å². The summed E-state index contributed by atoms with van der Waals surface area (Å²) in [6.07, 6.45) is 0. The van der Waals surface area contributed by atoms with Gasteiger partial charge >= 0.3 is 0 Å². The van der Waals surface area contributed by atoms with Gasteiger partial charge in [-0.25, -0.2) is 9.97 Å². The van der Waals surface area contributed by atoms with Gasteiger partial charge in [0.15, 0.2) is 5.13 Å². The van der Waals surface area contributed by atoms with Crippen LogP contribution >= 0.6 is 27.3 Å². The summed E-state index contributed by atoms with van der Waals surface area (Å²) in [5, 5.41) is 7.99. The van der Waals surface area contributed by atoms with Gasteiger partial charge < -0.3 is 4.52 Å². The summed E-state index contributed by atoms with van der Waals surface area (Å²) in [6.45, 7) is 5.59. The second-order valence-corrected chi connectivity index (χ2v) is 8.26. The third kappa shape index (κ3) is 3.38. The highest BCUT2D eigenvalue weighted by Gasteiger charge is 2.19. The maximum Gasteiger partial charge on any atom is 0.258 e. The van der Waals surface area contributed by atoms with Crippen LogP contribution < -0.4 is 5.32 Å². The second-order valence-electron chi connectivity index (χ2n) is 6.14. The predicted octanol–water partition coefficient (Wildman–Crippen LogP) is 5.29. The molecule has 3 aromatic heterocycles. The number of thiazole rings is 1. The Morgan fingerprint density at radius 2 is 1.89 bits per heavy atom. The molecule has 0 unspecified atom stereocenters. The number of fused-ring (bicyclic) bond motifs is 1. The first-order valence-corrected chi connectivity index (χ1v) is 9.81. The van der Waals surface area contributed by atoms with Crippen LogP contribution in [0.25, 0.3) is 22.4 Å². The molecular weight excluding hydrogens is 428 g/mol. The third-order valence-electron chi connectivity index (χ3n) is 4.12. The number of aryl methyl sites for hydroxylation is 3. The van der Waals surface area contributed by atoms with Crippen LogP contribution in [0.2, 0.25) is 0 Å². The van der Waals surface area contributed by atoms with E-state index in [0.717, 1.165) is 20.6 Å². The van der Waals surface area contributed by atoms with E-state index in [1.54, 1.807) is 13.0 Å². The van der Waals surface area contributed by atoms with Gasteiger partial charge in [0.1, 0.15) is 0 Å². The van der Waals surface area contributed by atoms with Crippen LogP contribution in [0.4, 0.5) is 5.13 Å². The zero-order chi connectivity index (χ0) is 19.1. The van der Waals surface area contributed by atoms with E-state index in [4.69, 9.17) is 4.52 Å². The molecule has 0 saturated carbocycles. The number of nitrogens with one attached hydrogen (secondary N) is 1. The Morgan fingerprint density at radius 1 is 1.15 bits per heavy atom. The maximum atomic E-state index is 12.9. The lowest BCUT2D eigenvalue weighted by molar-refractivity contribution is 0.102. The molecule has 1 amide bonds. The molecule has 0 spiro atoms. The number of benzene rings is 1. The number of hydrogen-bond acceptors (Lipinski definition) is 6. The molecule has 136 valence electrons. The van der Waals surface area contributed by atoms with Crippen molar-refractivity contribution in [3.05, 3.63) is 56.6 Å². The van der Waals surface area contributed by atoms with Crippen molar-refractivity contribution in [1.29, 1.82) is 0 Å². The van der Waals surface area contributed by atoms with Crippen LogP contribution in [-0.4, -0.2) is 21.0 Å². The topological polar surface area (TPSA) is 80.9 Å². The fourth-order valence-electron chi connectivity index (χ4n) is 2.89. The summed E-state index contributed by atoms with van der Waals surface area (Å²) in [5.41, 5.74) is 4.03. The van der Waals surface area contributed by atoms with Crippen molar-refractivity contribution in [2.24, 2.45) is 0 Å². The van der Waals surface area contributed by atoms with Gasteiger partial charge in [0.05, 0.1) is 22.3 Å². The number of amides is 1. The number of nitrogens with zero attached hydrogens (tertiary/aromatic N) is 3. The van der Waals surface area contributed by atoms with E-state index >= 15 is 0 Å². The van der Waals surface area contributed by atoms with E-state index in [0.29, 0.717) is 33.2 Å². The Bertz CT molecular complexity index is 1160. The highest BCUT2D eigenvalue weighted by molar-refractivity contribution is 9.10. The molecule has 0 atom stereocenters. The lowest BCUT2D eigenvalue weighted by Gasteiger charge is -2.04. The normalized spacial score (nSPS) is 11.1. The first-order valence-electron chi connectivity index (χ1n) is 8.20. The molecule has 0 aliphatic rings. The third-order valence-corrected chi connectivity index (χ3v) is 5.54. The molecule has 4 rings (SSSR count). The Morgan fingerprint density at radius 3 is 2.63 bits per heavy atom. The molecule has 4 aromatic rings. The Kier molecular flexibility index (Phi) is 4.53. The standard InChI is InChI=1S/C19H15BrN4O2S/c1-9-8-14(15-10(2)24-26-18(15)21-9)17(25)23-19-22-16(11(3)27-19)12-4-6-13(20)7-5-12/h4-8H,1-3H3,(H,22,23,25). The van der Waals surface area contributed by atoms with Crippen molar-refractivity contribution in [2.45, 2.75) is 20.8 Å². The van der Waals surface area contributed by atoms with Gasteiger partial charge in [-0.2, -0.15) is 0 Å². The molecule has 0 saturated heterocycles. The number of anilines is 1. The fourth-order valence-corrected chi connectivity index (χ4v) is 3.98. The summed E-state index contributed by atoms with van der Waals surface area (Å²) in [5.74, 6) is -0.257. The van der Waals surface area contributed by atoms with Crippen LogP contribution in [0.15, 0.2) is 39.3 Å². The molecule has 27 heavy (non-hydrogen) atoms. The summed E-state index contributed by atoms with van der Waals surface area (Å²) in [4.78, 5) is 22.8. The summed E-state index contributed by atoms with van der Waals surface area (Å²) >= 11 is 4.88. The van der Waals surface area contributed by atoms with E-state index in [9.17, 15) is 4.79 Å². The van der Waals surface area contributed by atoms with Gasteiger partial charge in [0.2, 0.25) is 0 Å². The average molecular weight is 443 g/mol. The predicted molar refractivity (Wildman–Crippen MR) is 109 cm³/mol. The van der Waals surface area contributed by atoms with Gasteiger partial charge in [-0.15, -0.1) is 11.3 Å². The average Bonchev–Trinajstić information content (AvgIpc) is 3.17. The van der Waals surface area contributed by atoms with Crippen LogP contribution in [0.1, 0.15) is 26.6 Å². The van der Waals surface area contributed by atoms with E-state index in [2.05, 4.69) is 36.4 Å². The van der Waals surface area contributed by atoms with Crippen LogP contribution in [-0.2, 0) is 0 Å². The number of rotatable bonds is 3. The number of pyridine rings is 1. The Labute approximate surface area is 167 Å². The molecule has 0 radical (unpaired) electrons. The van der Waals surface area contributed by atoms with Crippen molar-refractivity contribution in [2.75, 3.05) is 5.32 Å². The van der Waals surface area contributed by atoms with Crippen molar-refractivity contribution < 1.29 is 9.32 Å². The number of aromatic nitrogens is 3. The second kappa shape index (κ2) is 6.86. The fraction of sp³-hybridized carbons (Fsp3) is 0.158. The molecule has 6 nitrogen and oxygen atoms in total. The number of hydrogen-bond donors (Lipinski definition) is 1. The monoisotopic (exact) mass is 442 g/mol. The van der Waals surface area contributed by atoms with Crippen molar-refractivity contribution in [3.63, 3.8) is 0 Å². The zero-order valence-electron chi connectivity index (χ0n) is 14.8. The van der Waals surface area contributed by atoms with Crippen LogP contribution in [0, 0.1) is 20.8 Å². The van der Waals surface area contributed by atoms with E-state index < -0.39 is 0 Å². The van der Waals surface area contributed by atoms with Gasteiger partial charge in [0, 0.05) is 20.6 Å². The smallest absolute Gasteiger partial charge is 0.258 e. The summed E-state index contributed by atoms with van der Waals surface area (Å²) in [6, 6.07) is 9.66. The summed E-state index contributed by atoms with van der Waals surface area (Å²) < 4.78 is 6.21. The van der Waals surface area contributed by atoms with E-state index in [-0.39, 0.29) is 5.91 Å². The lowest BCUT2D eigenvalue weighted by Crippen LogP contribution is -2.13. The number of carbonyl (C=O) groups is 1. The van der Waals surface area contributed by atoms with Gasteiger partial charge in [-0.1, -0.05) is 33.2 Å². The SMILES string of the molecule is Cc1cc(C(=O)Nc2nc(-c3ccc(Br)cc3)c(C)s2)c2c(C)noc2n1. The van der Waals surface area contributed by atoms with E-state index in [1.165, 1.54) is 11.3 Å². The minimum atomic E-state index is -0.257. The highest BCUT2D eigenvalue weighted by Crippen LogP contribution is 2.32. The number of carbonyl (C=O) groups excluding carboxylic acids is 1. The molecule has 1 N–H and O–H groups in total. The Hall–Kier alpha value is -2.58. The molecular formula is C19H15BrN4O2S. The minimum Gasteiger partial charge on any atom is -0.336 e. The van der Waals surface area contributed by atoms with E-state index in [1.807, 2.05) is 38.1 Å². The molecule has 0 aliphatic heterocycles. The van der Waals surface area contributed by atoms with Crippen LogP contribution in [0.5, 0.6) is 0 Å². The quantitative estimate of drug-likeness (QED) is 0.466. The molecule has 1 aromatic carbocycles. The van der Waals surface area contributed by atoms with Crippen molar-refractivity contribution >= 4 is 49.4 Å². The lowest BCUT2D eigenvalue weighted by atomic mass is 10.1. The van der Waals surface area contributed by atoms with Gasteiger partial charge in [0.25, 0.3) is 11.6 Å². The zero-order valence-corrected chi connectivity index (χ0v) is 17.2. The van der Waals surface area contributed by atoms with Gasteiger partial charge in [-0.3, -0.25) is 10.1 Å². The number of halogens is 1. The highest BCUT2D eigenvalue weighted by atomic mass is 79.9. The van der Waals surface area contributed by atoms with Gasteiger partial charge in [-0.05, 0) is 39.0 Å². The molecule has 3 heterocycles. The molecule has 0 fully saturated rings. The first kappa shape index (κ1) is 17.8. The minimum absolute atomic E-state index is 0.257. The van der Waals surface area contributed by atoms with Crippen molar-refractivity contribution in [1.82, 2.24) is 15.1 Å². The maximum absolute atomic E-state index is 12.9. The van der Waals surface area contributed by atoms with Crippen LogP contribution in [0.3, 0.4) is 0 Å². The first-order chi connectivity index (χ1) is 12.9. The molecule has 8 heteroatoms. The molecule has 0 bridgehead atoms. The summed E-state index contributed by atoms with van der Waals surface area (Å²) in [7, 11) is 0. The molecule has 0 aliphatic carbocycles.